The maximum absolute atomic E-state index is 13.5. The summed E-state index contributed by atoms with van der Waals surface area (Å²) in [5.41, 5.74) is 1.36. The van der Waals surface area contributed by atoms with Gasteiger partial charge >= 0.3 is 0 Å². The van der Waals surface area contributed by atoms with E-state index >= 15 is 0 Å². The first-order chi connectivity index (χ1) is 8.47. The van der Waals surface area contributed by atoms with E-state index in [0.29, 0.717) is 17.4 Å². The Morgan fingerprint density at radius 2 is 1.78 bits per heavy atom. The second-order valence-electron chi connectivity index (χ2n) is 6.13. The Morgan fingerprint density at radius 3 is 2.33 bits per heavy atom. The van der Waals surface area contributed by atoms with E-state index in [1.54, 1.807) is 13.0 Å². The quantitative estimate of drug-likeness (QED) is 0.832. The average Bonchev–Trinajstić information content (AvgIpc) is 2.30. The summed E-state index contributed by atoms with van der Waals surface area (Å²) in [5, 5.41) is 10.4. The van der Waals surface area contributed by atoms with Gasteiger partial charge in [0.15, 0.2) is 0 Å². The van der Waals surface area contributed by atoms with Crippen LogP contribution in [0, 0.1) is 30.5 Å². The van der Waals surface area contributed by atoms with Crippen LogP contribution in [0.1, 0.15) is 50.3 Å². The molecule has 1 nitrogen and oxygen atoms in total. The molecule has 2 rings (SSSR count). The van der Waals surface area contributed by atoms with Gasteiger partial charge in [0, 0.05) is 0 Å². The monoisotopic (exact) mass is 250 g/mol. The number of aliphatic hydroxyl groups excluding tert-OH is 1. The molecule has 0 spiro atoms. The third-order valence-corrected chi connectivity index (χ3v) is 4.20. The van der Waals surface area contributed by atoms with Crippen LogP contribution < -0.4 is 0 Å². The van der Waals surface area contributed by atoms with Crippen molar-refractivity contribution in [2.75, 3.05) is 0 Å². The molecule has 0 aromatic heterocycles. The minimum atomic E-state index is -0.523. The highest BCUT2D eigenvalue weighted by atomic mass is 19.1. The molecule has 3 unspecified atom stereocenters. The summed E-state index contributed by atoms with van der Waals surface area (Å²) in [6.45, 7) is 6.23. The lowest BCUT2D eigenvalue weighted by Gasteiger charge is -2.34. The van der Waals surface area contributed by atoms with Crippen LogP contribution in [0.2, 0.25) is 0 Å². The lowest BCUT2D eigenvalue weighted by molar-refractivity contribution is 0.0549. The first-order valence-electron chi connectivity index (χ1n) is 6.91. The fraction of sp³-hybridized carbons (Fsp3) is 0.625. The van der Waals surface area contributed by atoms with Crippen molar-refractivity contribution < 1.29 is 9.50 Å². The lowest BCUT2D eigenvalue weighted by Crippen LogP contribution is -2.24. The van der Waals surface area contributed by atoms with E-state index in [0.717, 1.165) is 18.4 Å². The number of halogens is 1. The summed E-state index contributed by atoms with van der Waals surface area (Å²) in [5.74, 6) is 1.36. The molecule has 0 radical (unpaired) electrons. The smallest absolute Gasteiger partial charge is 0.126 e. The van der Waals surface area contributed by atoms with Crippen LogP contribution in [-0.2, 0) is 0 Å². The maximum atomic E-state index is 13.5. The van der Waals surface area contributed by atoms with Crippen molar-refractivity contribution in [1.82, 2.24) is 0 Å². The number of benzene rings is 1. The van der Waals surface area contributed by atoms with Gasteiger partial charge in [-0.15, -0.1) is 0 Å². The predicted molar refractivity (Wildman–Crippen MR) is 71.8 cm³/mol. The summed E-state index contributed by atoms with van der Waals surface area (Å²) >= 11 is 0. The highest BCUT2D eigenvalue weighted by Gasteiger charge is 2.29. The van der Waals surface area contributed by atoms with E-state index in [9.17, 15) is 9.50 Å². The fourth-order valence-electron chi connectivity index (χ4n) is 3.33. The molecule has 1 aromatic carbocycles. The SMILES string of the molecule is Cc1ccc(C(O)C2CC(C)CC(C)C2)cc1F. The molecular formula is C16H23FO. The molecule has 1 aliphatic rings. The van der Waals surface area contributed by atoms with Crippen molar-refractivity contribution in [3.63, 3.8) is 0 Å². The second-order valence-corrected chi connectivity index (χ2v) is 6.13. The van der Waals surface area contributed by atoms with Crippen LogP contribution in [0.4, 0.5) is 4.39 Å². The van der Waals surface area contributed by atoms with Gasteiger partial charge in [0.05, 0.1) is 6.10 Å². The summed E-state index contributed by atoms with van der Waals surface area (Å²) < 4.78 is 13.5. The fourth-order valence-corrected chi connectivity index (χ4v) is 3.33. The Hall–Kier alpha value is -0.890. The molecular weight excluding hydrogens is 227 g/mol. The Bertz CT molecular complexity index is 406. The van der Waals surface area contributed by atoms with Gasteiger partial charge in [-0.3, -0.25) is 0 Å². The van der Waals surface area contributed by atoms with E-state index in [4.69, 9.17) is 0 Å². The molecule has 0 bridgehead atoms. The molecule has 100 valence electrons. The van der Waals surface area contributed by atoms with Gasteiger partial charge in [-0.2, -0.15) is 0 Å². The van der Waals surface area contributed by atoms with E-state index in [1.165, 1.54) is 12.5 Å². The van der Waals surface area contributed by atoms with Crippen molar-refractivity contribution in [1.29, 1.82) is 0 Å². The molecule has 18 heavy (non-hydrogen) atoms. The number of aryl methyl sites for hydroxylation is 1. The van der Waals surface area contributed by atoms with Crippen molar-refractivity contribution in [2.45, 2.75) is 46.1 Å². The number of rotatable bonds is 2. The molecule has 0 saturated heterocycles. The lowest BCUT2D eigenvalue weighted by atomic mass is 9.73. The van der Waals surface area contributed by atoms with Crippen molar-refractivity contribution >= 4 is 0 Å². The molecule has 1 aromatic rings. The zero-order valence-electron chi connectivity index (χ0n) is 11.5. The number of aliphatic hydroxyl groups is 1. The third kappa shape index (κ3) is 2.92. The molecule has 0 aliphatic heterocycles. The summed E-state index contributed by atoms with van der Waals surface area (Å²) in [4.78, 5) is 0. The highest BCUT2D eigenvalue weighted by Crippen LogP contribution is 2.39. The Labute approximate surface area is 109 Å². The minimum Gasteiger partial charge on any atom is -0.388 e. The zero-order valence-corrected chi connectivity index (χ0v) is 11.5. The molecule has 0 heterocycles. The normalized spacial score (nSPS) is 30.2. The third-order valence-electron chi connectivity index (χ3n) is 4.20. The van der Waals surface area contributed by atoms with Crippen LogP contribution in [0.15, 0.2) is 18.2 Å². The summed E-state index contributed by atoms with van der Waals surface area (Å²) in [6, 6.07) is 5.10. The summed E-state index contributed by atoms with van der Waals surface area (Å²) in [6.07, 6.45) is 2.80. The molecule has 2 heteroatoms. The van der Waals surface area contributed by atoms with E-state index < -0.39 is 6.10 Å². The van der Waals surface area contributed by atoms with Gasteiger partial charge in [-0.05, 0) is 61.1 Å². The van der Waals surface area contributed by atoms with Crippen molar-refractivity contribution in [3.8, 4) is 0 Å². The van der Waals surface area contributed by atoms with Crippen LogP contribution in [0.3, 0.4) is 0 Å². The molecule has 1 N–H and O–H groups in total. The number of hydrogen-bond acceptors (Lipinski definition) is 1. The van der Waals surface area contributed by atoms with Gasteiger partial charge in [-0.1, -0.05) is 26.0 Å². The largest absolute Gasteiger partial charge is 0.388 e. The zero-order chi connectivity index (χ0) is 13.3. The number of hydrogen-bond donors (Lipinski definition) is 1. The molecule has 0 amide bonds. The van der Waals surface area contributed by atoms with E-state index in [1.807, 2.05) is 6.07 Å². The molecule has 3 atom stereocenters. The highest BCUT2D eigenvalue weighted by molar-refractivity contribution is 5.25. The van der Waals surface area contributed by atoms with E-state index in [2.05, 4.69) is 13.8 Å². The van der Waals surface area contributed by atoms with Gasteiger partial charge in [0.2, 0.25) is 0 Å². The van der Waals surface area contributed by atoms with E-state index in [-0.39, 0.29) is 11.7 Å². The van der Waals surface area contributed by atoms with Gasteiger partial charge in [0.25, 0.3) is 0 Å². The predicted octanol–water partition coefficient (Wildman–Crippen LogP) is 4.24. The van der Waals surface area contributed by atoms with Crippen molar-refractivity contribution in [2.24, 2.45) is 17.8 Å². The molecule has 1 aliphatic carbocycles. The van der Waals surface area contributed by atoms with Crippen LogP contribution in [-0.4, -0.2) is 5.11 Å². The topological polar surface area (TPSA) is 20.2 Å². The Kier molecular flexibility index (Phi) is 4.06. The first kappa shape index (κ1) is 13.5. The molecule has 1 fully saturated rings. The Balaban J connectivity index is 2.14. The molecule has 1 saturated carbocycles. The van der Waals surface area contributed by atoms with Gasteiger partial charge < -0.3 is 5.11 Å². The van der Waals surface area contributed by atoms with Crippen LogP contribution >= 0.6 is 0 Å². The van der Waals surface area contributed by atoms with Crippen LogP contribution in [0.25, 0.3) is 0 Å². The average molecular weight is 250 g/mol. The maximum Gasteiger partial charge on any atom is 0.126 e. The summed E-state index contributed by atoms with van der Waals surface area (Å²) in [7, 11) is 0. The van der Waals surface area contributed by atoms with Crippen LogP contribution in [0.5, 0.6) is 0 Å². The van der Waals surface area contributed by atoms with Gasteiger partial charge in [0.1, 0.15) is 5.82 Å². The first-order valence-corrected chi connectivity index (χ1v) is 6.91. The van der Waals surface area contributed by atoms with Gasteiger partial charge in [-0.25, -0.2) is 4.39 Å². The minimum absolute atomic E-state index is 0.219. The Morgan fingerprint density at radius 1 is 1.17 bits per heavy atom. The second kappa shape index (κ2) is 5.40. The van der Waals surface area contributed by atoms with Crippen molar-refractivity contribution in [3.05, 3.63) is 35.1 Å². The standard InChI is InChI=1S/C16H23FO/c1-10-6-11(2)8-14(7-10)16(18)13-5-4-12(3)15(17)9-13/h4-5,9-11,14,16,18H,6-8H2,1-3H3.